The zero-order valence-corrected chi connectivity index (χ0v) is 27.9. The summed E-state index contributed by atoms with van der Waals surface area (Å²) in [5.74, 6) is 2.41. The van der Waals surface area contributed by atoms with E-state index in [0.29, 0.717) is 0 Å². The molecule has 0 atom stereocenters. The number of rotatable bonds is 26. The Hall–Kier alpha value is 1.32. The summed E-state index contributed by atoms with van der Waals surface area (Å²) in [6, 6.07) is 2.65. The van der Waals surface area contributed by atoms with Crippen molar-refractivity contribution in [3.05, 3.63) is 0 Å². The van der Waals surface area contributed by atoms with Gasteiger partial charge < -0.3 is 18.9 Å². The van der Waals surface area contributed by atoms with Gasteiger partial charge in [-0.15, -0.1) is 0 Å². The first-order valence-electron chi connectivity index (χ1n) is 13.2. The quantitative estimate of drug-likeness (QED) is 0.0500. The Morgan fingerprint density at radius 2 is 0.939 bits per heavy atom. The monoisotopic (exact) mass is 558 g/mol. The van der Waals surface area contributed by atoms with Gasteiger partial charge in [-0.2, -0.15) is 0 Å². The molecule has 4 nitrogen and oxygen atoms in total. The molecule has 0 spiro atoms. The van der Waals surface area contributed by atoms with Crippen LogP contribution in [0.1, 0.15) is 90.9 Å². The maximum absolute atomic E-state index is 5.83. The lowest BCUT2D eigenvalue weighted by molar-refractivity contribution is -0.149. The predicted molar refractivity (Wildman–Crippen MR) is 159 cm³/mol. The normalized spacial score (nSPS) is 13.3. The lowest BCUT2D eigenvalue weighted by Crippen LogP contribution is -2.40. The lowest BCUT2D eigenvalue weighted by Gasteiger charge is -2.31. The Balaban J connectivity index is 3.81. The van der Waals surface area contributed by atoms with E-state index in [0.717, 1.165) is 12.8 Å². The third-order valence-electron chi connectivity index (χ3n) is 6.48. The molecule has 0 aromatic carbocycles. The molecule has 200 valence electrons. The summed E-state index contributed by atoms with van der Waals surface area (Å²) in [5.41, 5.74) is -0.475. The van der Waals surface area contributed by atoms with E-state index >= 15 is 0 Å². The van der Waals surface area contributed by atoms with E-state index in [1.807, 2.05) is 59.9 Å². The lowest BCUT2D eigenvalue weighted by atomic mass is 10.2. The van der Waals surface area contributed by atoms with Crippen LogP contribution in [0.3, 0.4) is 0 Å². The van der Waals surface area contributed by atoms with Crippen molar-refractivity contribution in [1.82, 2.24) is 0 Å². The SMILES string of the molecule is CCCCC[SiH2]C(CCCCSSSCCCCC(OC)(OC)[SiH2]CCCCC)(OC)OC. The minimum absolute atomic E-state index is 0.237. The second kappa shape index (κ2) is 23.7. The van der Waals surface area contributed by atoms with Crippen LogP contribution in [0.5, 0.6) is 0 Å². The molecule has 0 bridgehead atoms. The topological polar surface area (TPSA) is 36.9 Å². The Labute approximate surface area is 222 Å². The first-order valence-corrected chi connectivity index (χ1v) is 20.4. The molecule has 0 aliphatic carbocycles. The molecule has 0 radical (unpaired) electrons. The first-order chi connectivity index (χ1) is 16.1. The molecule has 0 aromatic rings. The Bertz CT molecular complexity index is 379. The van der Waals surface area contributed by atoms with Crippen molar-refractivity contribution in [2.75, 3.05) is 39.9 Å². The average Bonchev–Trinajstić information content (AvgIpc) is 2.85. The molecule has 0 rings (SSSR count). The molecular weight excluding hydrogens is 505 g/mol. The van der Waals surface area contributed by atoms with Crippen molar-refractivity contribution in [2.24, 2.45) is 0 Å². The summed E-state index contributed by atoms with van der Waals surface area (Å²) in [6.45, 7) is 4.53. The molecule has 0 amide bonds. The largest absolute Gasteiger partial charge is 0.358 e. The molecule has 0 saturated carbocycles. The minimum Gasteiger partial charge on any atom is -0.358 e. The molecule has 0 saturated heterocycles. The number of hydrogen-bond donors (Lipinski definition) is 0. The van der Waals surface area contributed by atoms with Crippen LogP contribution in [0.25, 0.3) is 0 Å². The van der Waals surface area contributed by atoms with Gasteiger partial charge in [-0.05, 0) is 48.4 Å². The van der Waals surface area contributed by atoms with Crippen LogP contribution < -0.4 is 0 Å². The van der Waals surface area contributed by atoms with Gasteiger partial charge in [-0.25, -0.2) is 0 Å². The Morgan fingerprint density at radius 3 is 1.27 bits per heavy atom. The van der Waals surface area contributed by atoms with Crippen LogP contribution in [-0.2, 0) is 18.9 Å². The maximum Gasteiger partial charge on any atom is 0.144 e. The zero-order valence-electron chi connectivity index (χ0n) is 22.6. The van der Waals surface area contributed by atoms with Crippen molar-refractivity contribution in [3.8, 4) is 0 Å². The van der Waals surface area contributed by atoms with Crippen LogP contribution in [0.2, 0.25) is 12.1 Å². The average molecular weight is 559 g/mol. The van der Waals surface area contributed by atoms with Gasteiger partial charge in [0.25, 0.3) is 0 Å². The third-order valence-corrected chi connectivity index (χ3v) is 16.0. The molecule has 0 aromatic heterocycles. The predicted octanol–water partition coefficient (Wildman–Crippen LogP) is 6.80. The molecular formula is C24H54O4S3Si2. The van der Waals surface area contributed by atoms with Crippen LogP contribution in [0, 0.1) is 0 Å². The standard InChI is InChI=1S/C24H54O4S3Si2/c1-7-9-15-21-32-23(25-3,26-4)17-11-13-19-29-31-30-20-14-12-18-24(27-5,28-6)33-22-16-10-8-2/h7-22,32-33H2,1-6H3. The summed E-state index contributed by atoms with van der Waals surface area (Å²) in [4.78, 5) is 0. The van der Waals surface area contributed by atoms with Crippen molar-refractivity contribution in [1.29, 1.82) is 0 Å². The summed E-state index contributed by atoms with van der Waals surface area (Å²) in [5, 5.41) is 0. The van der Waals surface area contributed by atoms with E-state index in [2.05, 4.69) is 13.8 Å². The van der Waals surface area contributed by atoms with Gasteiger partial charge in [0.1, 0.15) is 10.8 Å². The van der Waals surface area contributed by atoms with Crippen LogP contribution in [0.15, 0.2) is 0 Å². The second-order valence-corrected chi connectivity index (χ2v) is 17.9. The van der Waals surface area contributed by atoms with Crippen LogP contribution in [-0.4, -0.2) is 69.8 Å². The van der Waals surface area contributed by atoms with Crippen molar-refractivity contribution in [2.45, 2.75) is 114 Å². The van der Waals surface area contributed by atoms with Gasteiger partial charge in [-0.1, -0.05) is 86.0 Å². The van der Waals surface area contributed by atoms with E-state index < -0.39 is 0 Å². The summed E-state index contributed by atoms with van der Waals surface area (Å²) in [7, 11) is 12.6. The third kappa shape index (κ3) is 17.4. The van der Waals surface area contributed by atoms with Gasteiger partial charge in [0.2, 0.25) is 0 Å². The number of methoxy groups -OCH3 is 4. The van der Waals surface area contributed by atoms with Gasteiger partial charge in [-0.3, -0.25) is 0 Å². The fraction of sp³-hybridized carbons (Fsp3) is 1.00. The van der Waals surface area contributed by atoms with Crippen molar-refractivity contribution < 1.29 is 18.9 Å². The number of hydrogen-bond acceptors (Lipinski definition) is 7. The minimum atomic E-state index is -0.356. The van der Waals surface area contributed by atoms with Gasteiger partial charge in [0, 0.05) is 39.9 Å². The molecule has 0 unspecified atom stereocenters. The highest BCUT2D eigenvalue weighted by molar-refractivity contribution is 9.09. The fourth-order valence-corrected chi connectivity index (χ4v) is 12.2. The highest BCUT2D eigenvalue weighted by Gasteiger charge is 2.29. The summed E-state index contributed by atoms with van der Waals surface area (Å²) >= 11 is 0. The second-order valence-electron chi connectivity index (χ2n) is 8.89. The maximum atomic E-state index is 5.83. The summed E-state index contributed by atoms with van der Waals surface area (Å²) in [6.07, 6.45) is 14.9. The molecule has 33 heavy (non-hydrogen) atoms. The van der Waals surface area contributed by atoms with E-state index in [-0.39, 0.29) is 29.9 Å². The molecule has 0 fully saturated rings. The fourth-order valence-electron chi connectivity index (χ4n) is 4.09. The van der Waals surface area contributed by atoms with Crippen LogP contribution in [0.4, 0.5) is 0 Å². The molecule has 0 aliphatic heterocycles. The van der Waals surface area contributed by atoms with Gasteiger partial charge >= 0.3 is 0 Å². The molecule has 0 heterocycles. The summed E-state index contributed by atoms with van der Waals surface area (Å²) < 4.78 is 23.3. The Kier molecular flexibility index (Phi) is 24.7. The Morgan fingerprint density at radius 1 is 0.545 bits per heavy atom. The van der Waals surface area contributed by atoms with Crippen molar-refractivity contribution in [3.63, 3.8) is 0 Å². The highest BCUT2D eigenvalue weighted by atomic mass is 33.5. The number of ether oxygens (including phenoxy) is 4. The van der Waals surface area contributed by atoms with E-state index in [9.17, 15) is 0 Å². The van der Waals surface area contributed by atoms with Gasteiger partial charge in [0.05, 0.1) is 19.0 Å². The smallest absolute Gasteiger partial charge is 0.144 e. The van der Waals surface area contributed by atoms with E-state index in [1.165, 1.54) is 87.8 Å². The number of unbranched alkanes of at least 4 members (excludes halogenated alkanes) is 6. The molecule has 9 heteroatoms. The zero-order chi connectivity index (χ0) is 24.7. The van der Waals surface area contributed by atoms with E-state index in [4.69, 9.17) is 18.9 Å². The molecule has 0 N–H and O–H groups in total. The van der Waals surface area contributed by atoms with Gasteiger partial charge in [0.15, 0.2) is 0 Å². The van der Waals surface area contributed by atoms with Crippen molar-refractivity contribution >= 4 is 50.5 Å². The molecule has 0 aliphatic rings. The van der Waals surface area contributed by atoms with Crippen LogP contribution >= 0.6 is 31.4 Å². The highest BCUT2D eigenvalue weighted by Crippen LogP contribution is 2.36. The first kappa shape index (κ1) is 34.3. The van der Waals surface area contributed by atoms with E-state index in [1.54, 1.807) is 0 Å².